The molecule has 0 aromatic carbocycles. The molecule has 1 aliphatic rings. The molecule has 1 N–H and O–H groups in total. The first-order valence-electron chi connectivity index (χ1n) is 5.02. The van der Waals surface area contributed by atoms with Gasteiger partial charge in [-0.15, -0.1) is 11.8 Å². The van der Waals surface area contributed by atoms with Crippen molar-refractivity contribution in [1.82, 2.24) is 4.98 Å². The van der Waals surface area contributed by atoms with Crippen LogP contribution in [0.5, 0.6) is 5.75 Å². The molecule has 1 atom stereocenters. The number of carboxylic acids is 1. The van der Waals surface area contributed by atoms with E-state index in [1.54, 1.807) is 32.4 Å². The van der Waals surface area contributed by atoms with Crippen LogP contribution in [0.15, 0.2) is 23.3 Å². The Hall–Kier alpha value is -1.56. The third kappa shape index (κ3) is 2.12. The predicted molar refractivity (Wildman–Crippen MR) is 65.8 cm³/mol. The van der Waals surface area contributed by atoms with Gasteiger partial charge in [-0.05, 0) is 19.1 Å². The molecule has 0 spiro atoms. The molecule has 2 heterocycles. The first-order chi connectivity index (χ1) is 8.07. The molecule has 0 saturated heterocycles. The van der Waals surface area contributed by atoms with Crippen molar-refractivity contribution in [2.24, 2.45) is 4.99 Å². The van der Waals surface area contributed by atoms with Gasteiger partial charge in [0.1, 0.15) is 16.5 Å². The first kappa shape index (κ1) is 11.9. The van der Waals surface area contributed by atoms with E-state index < -0.39 is 11.5 Å². The second kappa shape index (κ2) is 4.37. The van der Waals surface area contributed by atoms with Crippen molar-refractivity contribution in [2.75, 3.05) is 12.9 Å². The number of ether oxygens (including phenoxy) is 1. The number of thioether (sulfide) groups is 1. The summed E-state index contributed by atoms with van der Waals surface area (Å²) in [4.78, 5) is 19.5. The van der Waals surface area contributed by atoms with Crippen LogP contribution in [0.4, 0.5) is 0 Å². The van der Waals surface area contributed by atoms with Crippen LogP contribution < -0.4 is 4.74 Å². The van der Waals surface area contributed by atoms with E-state index in [4.69, 9.17) is 9.84 Å². The normalized spacial score (nSPS) is 23.3. The van der Waals surface area contributed by atoms with E-state index >= 15 is 0 Å². The fourth-order valence-electron chi connectivity index (χ4n) is 1.44. The SMILES string of the molecule is COc1cccnc1C1=NC(C)(C(=O)O)CS1. The van der Waals surface area contributed by atoms with Gasteiger partial charge in [-0.3, -0.25) is 9.98 Å². The molecule has 0 fully saturated rings. The molecule has 1 unspecified atom stereocenters. The van der Waals surface area contributed by atoms with Crippen molar-refractivity contribution < 1.29 is 14.6 Å². The van der Waals surface area contributed by atoms with Crippen LogP contribution >= 0.6 is 11.8 Å². The fraction of sp³-hybridized carbons (Fsp3) is 0.364. The zero-order valence-electron chi connectivity index (χ0n) is 9.51. The van der Waals surface area contributed by atoms with Crippen molar-refractivity contribution in [1.29, 1.82) is 0 Å². The highest BCUT2D eigenvalue weighted by molar-refractivity contribution is 8.14. The van der Waals surface area contributed by atoms with Gasteiger partial charge in [0.05, 0.1) is 7.11 Å². The minimum absolute atomic E-state index is 0.414. The Morgan fingerprint density at radius 1 is 1.65 bits per heavy atom. The third-order valence-electron chi connectivity index (χ3n) is 2.49. The van der Waals surface area contributed by atoms with E-state index in [1.807, 2.05) is 0 Å². The van der Waals surface area contributed by atoms with Crippen LogP contribution in [-0.4, -0.2) is 39.5 Å². The van der Waals surface area contributed by atoms with Crippen LogP contribution in [0, 0.1) is 0 Å². The van der Waals surface area contributed by atoms with Gasteiger partial charge in [-0.1, -0.05) is 0 Å². The Balaban J connectivity index is 2.40. The molecule has 2 rings (SSSR count). The molecule has 1 aliphatic heterocycles. The molecule has 90 valence electrons. The van der Waals surface area contributed by atoms with Gasteiger partial charge < -0.3 is 9.84 Å². The lowest BCUT2D eigenvalue weighted by atomic mass is 10.1. The van der Waals surface area contributed by atoms with Crippen molar-refractivity contribution in [3.05, 3.63) is 24.0 Å². The number of pyridine rings is 1. The summed E-state index contributed by atoms with van der Waals surface area (Å²) in [6, 6.07) is 3.54. The fourth-order valence-corrected chi connectivity index (χ4v) is 2.61. The number of hydrogen-bond acceptors (Lipinski definition) is 5. The minimum Gasteiger partial charge on any atom is -0.494 e. The van der Waals surface area contributed by atoms with E-state index in [1.165, 1.54) is 11.8 Å². The van der Waals surface area contributed by atoms with Gasteiger partial charge in [-0.2, -0.15) is 0 Å². The third-order valence-corrected chi connectivity index (χ3v) is 3.76. The quantitative estimate of drug-likeness (QED) is 0.881. The standard InChI is InChI=1S/C11H12N2O3S/c1-11(10(14)15)6-17-9(13-11)8-7(16-2)4-3-5-12-8/h3-5H,6H2,1-2H3,(H,14,15). The van der Waals surface area contributed by atoms with Crippen LogP contribution in [0.1, 0.15) is 12.6 Å². The van der Waals surface area contributed by atoms with Gasteiger partial charge in [0, 0.05) is 11.9 Å². The molecular formula is C11H12N2O3S. The molecule has 0 aliphatic carbocycles. The molecule has 6 heteroatoms. The average Bonchev–Trinajstić information content (AvgIpc) is 2.73. The van der Waals surface area contributed by atoms with E-state index in [9.17, 15) is 4.79 Å². The van der Waals surface area contributed by atoms with Crippen LogP contribution in [0.25, 0.3) is 0 Å². The number of aromatic nitrogens is 1. The molecule has 5 nitrogen and oxygen atoms in total. The Kier molecular flexibility index (Phi) is 3.06. The van der Waals surface area contributed by atoms with E-state index in [2.05, 4.69) is 9.98 Å². The van der Waals surface area contributed by atoms with E-state index in [-0.39, 0.29) is 0 Å². The molecule has 0 amide bonds. The molecule has 0 bridgehead atoms. The van der Waals surface area contributed by atoms with Crippen molar-refractivity contribution in [3.63, 3.8) is 0 Å². The van der Waals surface area contributed by atoms with E-state index in [0.717, 1.165) is 0 Å². The summed E-state index contributed by atoms with van der Waals surface area (Å²) >= 11 is 1.39. The van der Waals surface area contributed by atoms with Crippen molar-refractivity contribution in [2.45, 2.75) is 12.5 Å². The zero-order valence-corrected chi connectivity index (χ0v) is 10.3. The minimum atomic E-state index is -1.07. The molecule has 0 saturated carbocycles. The molecule has 17 heavy (non-hydrogen) atoms. The number of aliphatic imine (C=N–C) groups is 1. The van der Waals surface area contributed by atoms with Gasteiger partial charge in [0.2, 0.25) is 0 Å². The summed E-state index contributed by atoms with van der Waals surface area (Å²) in [5.41, 5.74) is -0.465. The molecule has 0 radical (unpaired) electrons. The topological polar surface area (TPSA) is 71.8 Å². The van der Waals surface area contributed by atoms with Crippen LogP contribution in [-0.2, 0) is 4.79 Å². The zero-order chi connectivity index (χ0) is 12.5. The summed E-state index contributed by atoms with van der Waals surface area (Å²) in [5, 5.41) is 9.71. The lowest BCUT2D eigenvalue weighted by Crippen LogP contribution is -2.33. The summed E-state index contributed by atoms with van der Waals surface area (Å²) < 4.78 is 5.18. The Labute approximate surface area is 103 Å². The lowest BCUT2D eigenvalue weighted by molar-refractivity contribution is -0.141. The average molecular weight is 252 g/mol. The monoisotopic (exact) mass is 252 g/mol. The summed E-state index contributed by atoms with van der Waals surface area (Å²) in [5.74, 6) is 0.0977. The van der Waals surface area contributed by atoms with Gasteiger partial charge in [-0.25, -0.2) is 4.79 Å². The van der Waals surface area contributed by atoms with Crippen LogP contribution in [0.3, 0.4) is 0 Å². The number of rotatable bonds is 3. The summed E-state index contributed by atoms with van der Waals surface area (Å²) in [6.45, 7) is 1.60. The van der Waals surface area contributed by atoms with Crippen molar-refractivity contribution in [3.8, 4) is 5.75 Å². The first-order valence-corrected chi connectivity index (χ1v) is 6.01. The Bertz CT molecular complexity index is 489. The lowest BCUT2D eigenvalue weighted by Gasteiger charge is -2.11. The smallest absolute Gasteiger partial charge is 0.332 e. The molecule has 1 aromatic heterocycles. The maximum atomic E-state index is 11.1. The number of carbonyl (C=O) groups is 1. The highest BCUT2D eigenvalue weighted by Gasteiger charge is 2.39. The van der Waals surface area contributed by atoms with Gasteiger partial charge in [0.15, 0.2) is 5.54 Å². The Morgan fingerprint density at radius 3 is 3.00 bits per heavy atom. The highest BCUT2D eigenvalue weighted by Crippen LogP contribution is 2.33. The van der Waals surface area contributed by atoms with Gasteiger partial charge >= 0.3 is 5.97 Å². The van der Waals surface area contributed by atoms with E-state index in [0.29, 0.717) is 22.2 Å². The van der Waals surface area contributed by atoms with Gasteiger partial charge in [0.25, 0.3) is 0 Å². The Morgan fingerprint density at radius 2 is 2.41 bits per heavy atom. The summed E-state index contributed by atoms with van der Waals surface area (Å²) in [7, 11) is 1.55. The molecular weight excluding hydrogens is 240 g/mol. The predicted octanol–water partition coefficient (Wildman–Crippen LogP) is 1.43. The van der Waals surface area contributed by atoms with Crippen LogP contribution in [0.2, 0.25) is 0 Å². The maximum absolute atomic E-state index is 11.1. The number of hydrogen-bond donors (Lipinski definition) is 1. The maximum Gasteiger partial charge on any atom is 0.332 e. The second-order valence-corrected chi connectivity index (χ2v) is 4.80. The summed E-state index contributed by atoms with van der Waals surface area (Å²) in [6.07, 6.45) is 1.64. The van der Waals surface area contributed by atoms with Crippen molar-refractivity contribution >= 4 is 22.8 Å². The number of nitrogens with zero attached hydrogens (tertiary/aromatic N) is 2. The number of carboxylic acid groups (broad SMARTS) is 1. The highest BCUT2D eigenvalue weighted by atomic mass is 32.2. The second-order valence-electron chi connectivity index (χ2n) is 3.84. The largest absolute Gasteiger partial charge is 0.494 e. The molecule has 1 aromatic rings. The number of methoxy groups -OCH3 is 1. The number of aliphatic carboxylic acids is 1.